The van der Waals surface area contributed by atoms with E-state index < -0.39 is 5.82 Å². The third-order valence-corrected chi connectivity index (χ3v) is 3.88. The van der Waals surface area contributed by atoms with Crippen LogP contribution in [0.5, 0.6) is 0 Å². The average Bonchev–Trinajstić information content (AvgIpc) is 2.86. The Bertz CT molecular complexity index is 822. The molecule has 2 aromatic rings. The molecule has 0 aliphatic carbocycles. The van der Waals surface area contributed by atoms with Gasteiger partial charge in [0.05, 0.1) is 10.5 Å². The lowest BCUT2D eigenvalue weighted by molar-refractivity contribution is 0.626. The molecule has 24 heavy (non-hydrogen) atoms. The lowest BCUT2D eigenvalue weighted by Gasteiger charge is -2.13. The van der Waals surface area contributed by atoms with Crippen LogP contribution in [-0.2, 0) is 0 Å². The summed E-state index contributed by atoms with van der Waals surface area (Å²) in [4.78, 5) is 3.16. The summed E-state index contributed by atoms with van der Waals surface area (Å²) in [5.74, 6) is -0.408. The number of hydrogen-bond acceptors (Lipinski definition) is 0. The quantitative estimate of drug-likeness (QED) is 0.532. The standard InChI is InChI=1S/C18H18Cl2FN.C2H6/c1-9(2)6-13(19)16(10(3)4)17-12-7-11(5)22-18(12)14(20)8-15(17)21;1-2/h6-8,22H,3H2,1-2,4-5H3;1-2H3/b16-13-;. The number of fused-ring (bicyclic) bond motifs is 1. The summed E-state index contributed by atoms with van der Waals surface area (Å²) >= 11 is 12.6. The second kappa shape index (κ2) is 8.55. The van der Waals surface area contributed by atoms with Crippen LogP contribution in [0, 0.1) is 12.7 Å². The van der Waals surface area contributed by atoms with Crippen molar-refractivity contribution in [1.29, 1.82) is 0 Å². The molecule has 0 aliphatic heterocycles. The van der Waals surface area contributed by atoms with Crippen molar-refractivity contribution in [2.24, 2.45) is 0 Å². The molecule has 1 heterocycles. The van der Waals surface area contributed by atoms with E-state index in [9.17, 15) is 4.39 Å². The molecule has 1 aromatic carbocycles. The number of halogens is 3. The Kier molecular flexibility index (Phi) is 7.31. The summed E-state index contributed by atoms with van der Waals surface area (Å²) in [5, 5.41) is 1.53. The van der Waals surface area contributed by atoms with Crippen LogP contribution in [-0.4, -0.2) is 4.98 Å². The highest BCUT2D eigenvalue weighted by Crippen LogP contribution is 2.38. The molecule has 130 valence electrons. The Morgan fingerprint density at radius 2 is 1.79 bits per heavy atom. The minimum Gasteiger partial charge on any atom is -0.357 e. The zero-order chi connectivity index (χ0) is 18.6. The van der Waals surface area contributed by atoms with E-state index in [-0.39, 0.29) is 0 Å². The number of rotatable bonds is 3. The van der Waals surface area contributed by atoms with Crippen molar-refractivity contribution < 1.29 is 4.39 Å². The minimum absolute atomic E-state index is 0.351. The van der Waals surface area contributed by atoms with Crippen LogP contribution in [0.1, 0.15) is 45.9 Å². The number of hydrogen-bond donors (Lipinski definition) is 1. The molecule has 0 bridgehead atoms. The summed E-state index contributed by atoms with van der Waals surface area (Å²) in [6, 6.07) is 3.18. The first-order chi connectivity index (χ1) is 11.2. The van der Waals surface area contributed by atoms with E-state index >= 15 is 0 Å². The third kappa shape index (κ3) is 4.31. The van der Waals surface area contributed by atoms with E-state index in [1.54, 1.807) is 0 Å². The fraction of sp³-hybridized carbons (Fsp3) is 0.300. The predicted molar refractivity (Wildman–Crippen MR) is 106 cm³/mol. The maximum Gasteiger partial charge on any atom is 0.133 e. The molecule has 2 rings (SSSR count). The van der Waals surface area contributed by atoms with E-state index in [1.165, 1.54) is 6.07 Å². The molecular weight excluding hydrogens is 344 g/mol. The van der Waals surface area contributed by atoms with Crippen molar-refractivity contribution in [2.75, 3.05) is 0 Å². The molecule has 0 aliphatic rings. The van der Waals surface area contributed by atoms with Gasteiger partial charge in [0.2, 0.25) is 0 Å². The first kappa shape index (κ1) is 20.5. The fourth-order valence-electron chi connectivity index (χ4n) is 2.48. The van der Waals surface area contributed by atoms with Crippen LogP contribution in [0.25, 0.3) is 16.5 Å². The Morgan fingerprint density at radius 3 is 2.29 bits per heavy atom. The molecule has 1 N–H and O–H groups in total. The van der Waals surface area contributed by atoms with Crippen LogP contribution >= 0.6 is 23.2 Å². The van der Waals surface area contributed by atoms with Gasteiger partial charge in [-0.1, -0.05) is 49.2 Å². The number of benzene rings is 1. The third-order valence-electron chi connectivity index (χ3n) is 3.28. The Balaban J connectivity index is 0.00000139. The van der Waals surface area contributed by atoms with Gasteiger partial charge in [-0.3, -0.25) is 0 Å². The van der Waals surface area contributed by atoms with Crippen molar-refractivity contribution in [1.82, 2.24) is 4.98 Å². The van der Waals surface area contributed by atoms with Gasteiger partial charge in [-0.15, -0.1) is 0 Å². The van der Waals surface area contributed by atoms with Gasteiger partial charge in [-0.2, -0.15) is 0 Å². The predicted octanol–water partition coefficient (Wildman–Crippen LogP) is 7.79. The summed E-state index contributed by atoms with van der Waals surface area (Å²) in [6.07, 6.45) is 1.81. The van der Waals surface area contributed by atoms with Gasteiger partial charge in [0.1, 0.15) is 5.82 Å². The van der Waals surface area contributed by atoms with Crippen molar-refractivity contribution in [3.8, 4) is 0 Å². The van der Waals surface area contributed by atoms with Crippen LogP contribution in [0.4, 0.5) is 4.39 Å². The number of aryl methyl sites for hydroxylation is 1. The maximum absolute atomic E-state index is 14.6. The van der Waals surface area contributed by atoms with Gasteiger partial charge in [0.25, 0.3) is 0 Å². The minimum atomic E-state index is -0.408. The SMILES string of the molecule is C=C(C)/C(=C(/Cl)C=C(C)C)c1c(F)cc(Cl)c2[nH]c(C)cc12.CC. The number of aromatic amines is 1. The molecule has 0 amide bonds. The molecule has 0 radical (unpaired) electrons. The largest absolute Gasteiger partial charge is 0.357 e. The molecule has 1 nitrogen and oxygen atoms in total. The zero-order valence-electron chi connectivity index (χ0n) is 15.1. The van der Waals surface area contributed by atoms with E-state index in [2.05, 4.69) is 11.6 Å². The van der Waals surface area contributed by atoms with Gasteiger partial charge in [-0.05, 0) is 51.5 Å². The molecule has 0 atom stereocenters. The second-order valence-electron chi connectivity index (χ2n) is 5.68. The highest BCUT2D eigenvalue weighted by molar-refractivity contribution is 6.37. The highest BCUT2D eigenvalue weighted by Gasteiger charge is 2.19. The average molecular weight is 368 g/mol. The van der Waals surface area contributed by atoms with Crippen LogP contribution < -0.4 is 0 Å². The Hall–Kier alpha value is -1.51. The van der Waals surface area contributed by atoms with Crippen molar-refractivity contribution in [2.45, 2.75) is 41.5 Å². The summed E-state index contributed by atoms with van der Waals surface area (Å²) < 4.78 is 14.6. The van der Waals surface area contributed by atoms with Crippen molar-refractivity contribution >= 4 is 39.7 Å². The summed E-state index contributed by atoms with van der Waals surface area (Å²) in [5.41, 5.74) is 4.36. The first-order valence-corrected chi connectivity index (χ1v) is 8.66. The van der Waals surface area contributed by atoms with E-state index in [4.69, 9.17) is 23.2 Å². The second-order valence-corrected chi connectivity index (χ2v) is 6.50. The number of aromatic nitrogens is 1. The Labute approximate surface area is 153 Å². The van der Waals surface area contributed by atoms with E-state index in [1.807, 2.05) is 53.7 Å². The maximum atomic E-state index is 14.6. The number of H-pyrrole nitrogens is 1. The van der Waals surface area contributed by atoms with Crippen molar-refractivity contribution in [3.63, 3.8) is 0 Å². The lowest BCUT2D eigenvalue weighted by atomic mass is 9.95. The normalized spacial score (nSPS) is 11.5. The molecule has 0 spiro atoms. The van der Waals surface area contributed by atoms with Crippen LogP contribution in [0.15, 0.2) is 41.0 Å². The monoisotopic (exact) mass is 367 g/mol. The summed E-state index contributed by atoms with van der Waals surface area (Å²) in [6.45, 7) is 15.5. The van der Waals surface area contributed by atoms with Gasteiger partial charge in [0, 0.05) is 27.2 Å². The number of allylic oxidation sites excluding steroid dienone is 5. The molecular formula is C20H24Cl2FN. The smallest absolute Gasteiger partial charge is 0.133 e. The van der Waals surface area contributed by atoms with Gasteiger partial charge >= 0.3 is 0 Å². The fourth-order valence-corrected chi connectivity index (χ4v) is 3.19. The van der Waals surface area contributed by atoms with Gasteiger partial charge < -0.3 is 4.98 Å². The zero-order valence-corrected chi connectivity index (χ0v) is 16.6. The van der Waals surface area contributed by atoms with E-state index in [0.717, 1.165) is 11.3 Å². The Morgan fingerprint density at radius 1 is 1.21 bits per heavy atom. The molecule has 0 fully saturated rings. The van der Waals surface area contributed by atoms with E-state index in [0.29, 0.717) is 37.7 Å². The van der Waals surface area contributed by atoms with Crippen LogP contribution in [0.2, 0.25) is 5.02 Å². The summed E-state index contributed by atoms with van der Waals surface area (Å²) in [7, 11) is 0. The molecule has 0 saturated carbocycles. The lowest BCUT2D eigenvalue weighted by Crippen LogP contribution is -1.95. The first-order valence-electron chi connectivity index (χ1n) is 7.90. The molecule has 4 heteroatoms. The van der Waals surface area contributed by atoms with Crippen molar-refractivity contribution in [3.05, 3.63) is 63.1 Å². The number of nitrogens with one attached hydrogen (secondary N) is 1. The highest BCUT2D eigenvalue weighted by atomic mass is 35.5. The van der Waals surface area contributed by atoms with Crippen LogP contribution in [0.3, 0.4) is 0 Å². The van der Waals surface area contributed by atoms with Gasteiger partial charge in [0.15, 0.2) is 0 Å². The topological polar surface area (TPSA) is 15.8 Å². The molecule has 0 saturated heterocycles. The molecule has 1 aromatic heterocycles. The molecule has 0 unspecified atom stereocenters. The van der Waals surface area contributed by atoms with Gasteiger partial charge in [-0.25, -0.2) is 4.39 Å².